The van der Waals surface area contributed by atoms with Gasteiger partial charge in [0, 0.05) is 33.1 Å². The van der Waals surface area contributed by atoms with E-state index in [1.165, 1.54) is 9.80 Å². The topological polar surface area (TPSA) is 97.4 Å². The minimum absolute atomic E-state index is 0.242. The summed E-state index contributed by atoms with van der Waals surface area (Å²) in [4.78, 5) is 42.9. The van der Waals surface area contributed by atoms with Crippen molar-refractivity contribution in [2.75, 3.05) is 26.7 Å². The number of ketones is 1. The van der Waals surface area contributed by atoms with Gasteiger partial charge in [-0.1, -0.05) is 42.5 Å². The van der Waals surface area contributed by atoms with Crippen molar-refractivity contribution in [2.24, 2.45) is 0 Å². The number of rotatable bonds is 8. The molecule has 0 aromatic heterocycles. The van der Waals surface area contributed by atoms with Crippen molar-refractivity contribution in [1.82, 2.24) is 15.1 Å². The number of benzene rings is 2. The van der Waals surface area contributed by atoms with Gasteiger partial charge in [0.25, 0.3) is 0 Å². The summed E-state index contributed by atoms with van der Waals surface area (Å²) in [6.45, 7) is 12.3. The van der Waals surface area contributed by atoms with Crippen LogP contribution in [0, 0.1) is 0 Å². The summed E-state index contributed by atoms with van der Waals surface area (Å²) in [5.74, 6) is 0.430. The van der Waals surface area contributed by atoms with Gasteiger partial charge in [-0.25, -0.2) is 9.59 Å². The molecule has 0 spiro atoms. The van der Waals surface area contributed by atoms with Crippen LogP contribution in [0.3, 0.4) is 0 Å². The Morgan fingerprint density at radius 3 is 2.15 bits per heavy atom. The van der Waals surface area contributed by atoms with Gasteiger partial charge in [0.1, 0.15) is 29.6 Å². The molecule has 9 heteroatoms. The van der Waals surface area contributed by atoms with E-state index in [9.17, 15) is 14.4 Å². The van der Waals surface area contributed by atoms with E-state index in [0.29, 0.717) is 25.4 Å². The fraction of sp³-hybridized carbons (Fsp3) is 0.516. The normalized spacial score (nSPS) is 16.6. The number of piperazine rings is 1. The largest absolute Gasteiger partial charge is 0.489 e. The van der Waals surface area contributed by atoms with Gasteiger partial charge in [-0.05, 0) is 64.8 Å². The molecule has 0 bridgehead atoms. The fourth-order valence-corrected chi connectivity index (χ4v) is 4.30. The molecular formula is C31H43N3O6. The number of carbonyl (C=O) groups is 3. The Bertz CT molecular complexity index is 1140. The summed E-state index contributed by atoms with van der Waals surface area (Å²) in [6.07, 6.45) is -0.918. The smallest absolute Gasteiger partial charge is 0.410 e. The monoisotopic (exact) mass is 553 g/mol. The number of hydrogen-bond acceptors (Lipinski definition) is 7. The molecular weight excluding hydrogens is 510 g/mol. The second kappa shape index (κ2) is 13.2. The van der Waals surface area contributed by atoms with Crippen LogP contribution in [0.25, 0.3) is 0 Å². The highest BCUT2D eigenvalue weighted by molar-refractivity contribution is 5.94. The molecule has 1 saturated heterocycles. The third-order valence-electron chi connectivity index (χ3n) is 6.28. The van der Waals surface area contributed by atoms with Gasteiger partial charge in [-0.15, -0.1) is 0 Å². The Labute approximate surface area is 237 Å². The Kier molecular flexibility index (Phi) is 10.2. The fourth-order valence-electron chi connectivity index (χ4n) is 4.30. The van der Waals surface area contributed by atoms with E-state index < -0.39 is 35.5 Å². The van der Waals surface area contributed by atoms with Crippen molar-refractivity contribution in [3.8, 4) is 5.75 Å². The average Bonchev–Trinajstić information content (AvgIpc) is 2.89. The second-order valence-corrected chi connectivity index (χ2v) is 12.0. The van der Waals surface area contributed by atoms with Gasteiger partial charge in [-0.3, -0.25) is 9.69 Å². The predicted molar refractivity (Wildman–Crippen MR) is 153 cm³/mol. The van der Waals surface area contributed by atoms with Crippen LogP contribution in [0.4, 0.5) is 9.59 Å². The quantitative estimate of drug-likeness (QED) is 0.501. The van der Waals surface area contributed by atoms with E-state index in [2.05, 4.69) is 5.32 Å². The number of nitrogens with zero attached hydrogens (tertiary/aromatic N) is 2. The molecule has 0 radical (unpaired) electrons. The van der Waals surface area contributed by atoms with E-state index in [-0.39, 0.29) is 18.7 Å². The van der Waals surface area contributed by atoms with E-state index >= 15 is 0 Å². The molecule has 9 nitrogen and oxygen atoms in total. The van der Waals surface area contributed by atoms with E-state index in [0.717, 1.165) is 11.1 Å². The zero-order chi connectivity index (χ0) is 29.5. The van der Waals surface area contributed by atoms with Crippen LogP contribution in [-0.4, -0.2) is 77.7 Å². The van der Waals surface area contributed by atoms with Crippen molar-refractivity contribution in [3.63, 3.8) is 0 Å². The first-order valence-corrected chi connectivity index (χ1v) is 13.7. The summed E-state index contributed by atoms with van der Waals surface area (Å²) < 4.78 is 17.1. The Balaban J connectivity index is 1.81. The van der Waals surface area contributed by atoms with Gasteiger partial charge in [0.15, 0.2) is 5.78 Å². The lowest BCUT2D eigenvalue weighted by Gasteiger charge is -2.39. The molecule has 3 rings (SSSR count). The molecule has 1 N–H and O–H groups in total. The maximum absolute atomic E-state index is 14.1. The Morgan fingerprint density at radius 1 is 0.925 bits per heavy atom. The zero-order valence-electron chi connectivity index (χ0n) is 24.7. The molecule has 2 amide bonds. The SMILES string of the molecule is CN(C(=O)OC(C)(C)C)[C@@H](Cc1ccc(OCc2ccccc2)cc1)C(=O)C1CNCCN1C(=O)OC(C)(C)C. The molecule has 218 valence electrons. The number of amides is 2. The summed E-state index contributed by atoms with van der Waals surface area (Å²) in [5.41, 5.74) is 0.471. The van der Waals surface area contributed by atoms with Crippen LogP contribution in [0.5, 0.6) is 5.75 Å². The van der Waals surface area contributed by atoms with Gasteiger partial charge >= 0.3 is 12.2 Å². The highest BCUT2D eigenvalue weighted by Gasteiger charge is 2.40. The van der Waals surface area contributed by atoms with Crippen LogP contribution in [0.15, 0.2) is 54.6 Å². The third-order valence-corrected chi connectivity index (χ3v) is 6.28. The maximum Gasteiger partial charge on any atom is 0.410 e. The zero-order valence-corrected chi connectivity index (χ0v) is 24.7. The Hall–Kier alpha value is -3.59. The molecule has 2 aromatic rings. The highest BCUT2D eigenvalue weighted by Crippen LogP contribution is 2.21. The van der Waals surface area contributed by atoms with Gasteiger partial charge < -0.3 is 24.4 Å². The standard InChI is InChI=1S/C31H43N3O6/c1-30(2,3)39-28(36)33(7)25(27(35)26-20-32-17-18-34(26)29(37)40-31(4,5)6)19-22-13-15-24(16-14-22)38-21-23-11-9-8-10-12-23/h8-16,25-26,32H,17-21H2,1-7H3/t25-,26?/m0/s1. The molecule has 2 atom stereocenters. The number of Topliss-reactive ketones (excluding diaryl/α,β-unsaturated/α-hetero) is 1. The second-order valence-electron chi connectivity index (χ2n) is 12.0. The molecule has 0 aliphatic carbocycles. The van der Waals surface area contributed by atoms with Crippen molar-refractivity contribution >= 4 is 18.0 Å². The van der Waals surface area contributed by atoms with E-state index in [4.69, 9.17) is 14.2 Å². The van der Waals surface area contributed by atoms with Crippen LogP contribution >= 0.6 is 0 Å². The van der Waals surface area contributed by atoms with Gasteiger partial charge in [0.2, 0.25) is 0 Å². The van der Waals surface area contributed by atoms with Gasteiger partial charge in [0.05, 0.1) is 6.04 Å². The lowest BCUT2D eigenvalue weighted by molar-refractivity contribution is -0.129. The number of ether oxygens (including phenoxy) is 3. The summed E-state index contributed by atoms with van der Waals surface area (Å²) >= 11 is 0. The first-order chi connectivity index (χ1) is 18.7. The van der Waals surface area contributed by atoms with Gasteiger partial charge in [-0.2, -0.15) is 0 Å². The van der Waals surface area contributed by atoms with Crippen LogP contribution in [0.1, 0.15) is 52.7 Å². The summed E-state index contributed by atoms with van der Waals surface area (Å²) in [7, 11) is 1.56. The molecule has 1 aliphatic heterocycles. The average molecular weight is 554 g/mol. The number of hydrogen-bond donors (Lipinski definition) is 1. The summed E-state index contributed by atoms with van der Waals surface area (Å²) in [6, 6.07) is 15.7. The lowest BCUT2D eigenvalue weighted by atomic mass is 9.95. The third kappa shape index (κ3) is 9.26. The van der Waals surface area contributed by atoms with Crippen molar-refractivity contribution in [2.45, 2.75) is 77.9 Å². The van der Waals surface area contributed by atoms with Crippen molar-refractivity contribution in [1.29, 1.82) is 0 Å². The minimum Gasteiger partial charge on any atom is -0.489 e. The minimum atomic E-state index is -0.874. The number of carbonyl (C=O) groups excluding carboxylic acids is 3. The van der Waals surface area contributed by atoms with Crippen molar-refractivity contribution < 1.29 is 28.6 Å². The molecule has 40 heavy (non-hydrogen) atoms. The number of likely N-dealkylation sites (N-methyl/N-ethyl adjacent to an activating group) is 1. The Morgan fingerprint density at radius 2 is 1.55 bits per heavy atom. The molecule has 1 unspecified atom stereocenters. The molecule has 1 aliphatic rings. The molecule has 1 fully saturated rings. The summed E-state index contributed by atoms with van der Waals surface area (Å²) in [5, 5.41) is 3.20. The van der Waals surface area contributed by atoms with Crippen LogP contribution in [-0.2, 0) is 27.3 Å². The lowest BCUT2D eigenvalue weighted by Crippen LogP contribution is -2.62. The van der Waals surface area contributed by atoms with E-state index in [1.54, 1.807) is 48.6 Å². The predicted octanol–water partition coefficient (Wildman–Crippen LogP) is 4.82. The first kappa shape index (κ1) is 30.9. The van der Waals surface area contributed by atoms with Crippen molar-refractivity contribution in [3.05, 3.63) is 65.7 Å². The van der Waals surface area contributed by atoms with E-state index in [1.807, 2.05) is 54.6 Å². The van der Waals surface area contributed by atoms with Crippen LogP contribution < -0.4 is 10.1 Å². The van der Waals surface area contributed by atoms with Crippen LogP contribution in [0.2, 0.25) is 0 Å². The maximum atomic E-state index is 14.1. The molecule has 1 heterocycles. The highest BCUT2D eigenvalue weighted by atomic mass is 16.6. The number of nitrogens with one attached hydrogen (secondary N) is 1. The first-order valence-electron chi connectivity index (χ1n) is 13.7. The molecule has 2 aromatic carbocycles. The molecule has 0 saturated carbocycles.